The van der Waals surface area contributed by atoms with Gasteiger partial charge in [0.2, 0.25) is 5.91 Å². The molecule has 0 bridgehead atoms. The molecule has 0 aromatic heterocycles. The Labute approximate surface area is 127 Å². The SMILES string of the molecule is CC(C)CNC(=O)CN(C)C(=O)c1ccc(N)c(Br)c1. The minimum absolute atomic E-state index is 0.0353. The van der Waals surface area contributed by atoms with E-state index >= 15 is 0 Å². The number of amides is 2. The van der Waals surface area contributed by atoms with Crippen LogP contribution in [0.1, 0.15) is 24.2 Å². The molecular weight excluding hydrogens is 322 g/mol. The number of hydrogen-bond acceptors (Lipinski definition) is 3. The van der Waals surface area contributed by atoms with Gasteiger partial charge >= 0.3 is 0 Å². The normalized spacial score (nSPS) is 10.4. The molecule has 6 heteroatoms. The standard InChI is InChI=1S/C14H20BrN3O2/c1-9(2)7-17-13(19)8-18(3)14(20)10-4-5-12(16)11(15)6-10/h4-6,9H,7-8,16H2,1-3H3,(H,17,19). The van der Waals surface area contributed by atoms with Crippen LogP contribution in [0.15, 0.2) is 22.7 Å². The molecule has 0 fully saturated rings. The van der Waals surface area contributed by atoms with Crippen molar-refractivity contribution >= 4 is 33.4 Å². The van der Waals surface area contributed by atoms with Crippen LogP contribution in [0.25, 0.3) is 0 Å². The van der Waals surface area contributed by atoms with Crippen LogP contribution in [0.4, 0.5) is 5.69 Å². The molecule has 0 atom stereocenters. The Morgan fingerprint density at radius 2 is 2.05 bits per heavy atom. The Hall–Kier alpha value is -1.56. The highest BCUT2D eigenvalue weighted by Gasteiger charge is 2.15. The fourth-order valence-electron chi connectivity index (χ4n) is 1.54. The molecular formula is C14H20BrN3O2. The Morgan fingerprint density at radius 1 is 1.40 bits per heavy atom. The first-order chi connectivity index (χ1) is 9.31. The third-order valence-electron chi connectivity index (χ3n) is 2.68. The second kappa shape index (κ2) is 7.28. The lowest BCUT2D eigenvalue weighted by Gasteiger charge is -2.17. The van der Waals surface area contributed by atoms with Crippen LogP contribution in [0.3, 0.4) is 0 Å². The van der Waals surface area contributed by atoms with E-state index in [9.17, 15) is 9.59 Å². The summed E-state index contributed by atoms with van der Waals surface area (Å²) in [6, 6.07) is 4.95. The maximum Gasteiger partial charge on any atom is 0.254 e. The molecule has 0 aliphatic carbocycles. The summed E-state index contributed by atoms with van der Waals surface area (Å²) in [6.07, 6.45) is 0. The number of anilines is 1. The maximum atomic E-state index is 12.2. The summed E-state index contributed by atoms with van der Waals surface area (Å²) in [5.41, 5.74) is 6.74. The largest absolute Gasteiger partial charge is 0.398 e. The van der Waals surface area contributed by atoms with Crippen LogP contribution < -0.4 is 11.1 Å². The molecule has 1 aromatic carbocycles. The predicted octanol–water partition coefficient (Wildman–Crippen LogP) is 1.88. The summed E-state index contributed by atoms with van der Waals surface area (Å²) in [5.74, 6) is 0.00229. The van der Waals surface area contributed by atoms with Gasteiger partial charge in [-0.25, -0.2) is 0 Å². The number of halogens is 1. The number of nitrogens with two attached hydrogens (primary N) is 1. The number of nitrogen functional groups attached to an aromatic ring is 1. The molecule has 0 radical (unpaired) electrons. The number of rotatable bonds is 5. The van der Waals surface area contributed by atoms with Crippen LogP contribution in [0.5, 0.6) is 0 Å². The molecule has 0 unspecified atom stereocenters. The zero-order valence-corrected chi connectivity index (χ0v) is 13.5. The quantitative estimate of drug-likeness (QED) is 0.803. The van der Waals surface area contributed by atoms with Gasteiger partial charge in [-0.1, -0.05) is 13.8 Å². The van der Waals surface area contributed by atoms with E-state index in [2.05, 4.69) is 21.2 Å². The van der Waals surface area contributed by atoms with Crippen LogP contribution in [0, 0.1) is 5.92 Å². The Balaban J connectivity index is 2.62. The highest BCUT2D eigenvalue weighted by atomic mass is 79.9. The van der Waals surface area contributed by atoms with Crippen LogP contribution in [0.2, 0.25) is 0 Å². The maximum absolute atomic E-state index is 12.2. The van der Waals surface area contributed by atoms with Gasteiger partial charge in [0.25, 0.3) is 5.91 Å². The summed E-state index contributed by atoms with van der Waals surface area (Å²) in [7, 11) is 1.60. The van der Waals surface area contributed by atoms with Gasteiger partial charge < -0.3 is 16.0 Å². The van der Waals surface area contributed by atoms with Crippen molar-refractivity contribution in [1.82, 2.24) is 10.2 Å². The zero-order chi connectivity index (χ0) is 15.3. The molecule has 0 saturated carbocycles. The van der Waals surface area contributed by atoms with Crippen LogP contribution in [-0.4, -0.2) is 36.9 Å². The summed E-state index contributed by atoms with van der Waals surface area (Å²) >= 11 is 3.28. The first-order valence-corrected chi connectivity index (χ1v) is 7.17. The highest BCUT2D eigenvalue weighted by Crippen LogP contribution is 2.21. The molecule has 2 amide bonds. The molecule has 110 valence electrons. The molecule has 3 N–H and O–H groups in total. The molecule has 1 rings (SSSR count). The van der Waals surface area contributed by atoms with Crippen molar-refractivity contribution in [2.24, 2.45) is 5.92 Å². The molecule has 1 aromatic rings. The van der Waals surface area contributed by atoms with E-state index in [-0.39, 0.29) is 18.4 Å². The van der Waals surface area contributed by atoms with Crippen molar-refractivity contribution in [2.45, 2.75) is 13.8 Å². The molecule has 0 aliphatic heterocycles. The van der Waals surface area contributed by atoms with Crippen molar-refractivity contribution < 1.29 is 9.59 Å². The average Bonchev–Trinajstić information content (AvgIpc) is 2.38. The Bertz CT molecular complexity index is 503. The lowest BCUT2D eigenvalue weighted by molar-refractivity contribution is -0.121. The highest BCUT2D eigenvalue weighted by molar-refractivity contribution is 9.10. The van der Waals surface area contributed by atoms with E-state index in [0.29, 0.717) is 28.2 Å². The fourth-order valence-corrected chi connectivity index (χ4v) is 1.92. The van der Waals surface area contributed by atoms with E-state index in [0.717, 1.165) is 0 Å². The summed E-state index contributed by atoms with van der Waals surface area (Å²) in [4.78, 5) is 25.2. The van der Waals surface area contributed by atoms with E-state index in [1.165, 1.54) is 4.90 Å². The molecule has 0 spiro atoms. The third kappa shape index (κ3) is 4.85. The summed E-state index contributed by atoms with van der Waals surface area (Å²) < 4.78 is 0.668. The average molecular weight is 342 g/mol. The Morgan fingerprint density at radius 3 is 2.60 bits per heavy atom. The van der Waals surface area contributed by atoms with Crippen LogP contribution >= 0.6 is 15.9 Å². The van der Waals surface area contributed by atoms with Gasteiger partial charge in [0.15, 0.2) is 0 Å². The van der Waals surface area contributed by atoms with Gasteiger partial charge in [-0.05, 0) is 40.0 Å². The zero-order valence-electron chi connectivity index (χ0n) is 11.9. The minimum Gasteiger partial charge on any atom is -0.398 e. The Kier molecular flexibility index (Phi) is 6.01. The van der Waals surface area contributed by atoms with E-state index in [1.807, 2.05) is 13.8 Å². The van der Waals surface area contributed by atoms with Gasteiger partial charge in [-0.2, -0.15) is 0 Å². The smallest absolute Gasteiger partial charge is 0.254 e. The molecule has 20 heavy (non-hydrogen) atoms. The van der Waals surface area contributed by atoms with Crippen molar-refractivity contribution in [2.75, 3.05) is 25.9 Å². The van der Waals surface area contributed by atoms with Gasteiger partial charge in [0.05, 0.1) is 6.54 Å². The van der Waals surface area contributed by atoms with Gasteiger partial charge in [0.1, 0.15) is 0 Å². The number of nitrogens with one attached hydrogen (secondary N) is 1. The lowest BCUT2D eigenvalue weighted by Crippen LogP contribution is -2.39. The van der Waals surface area contributed by atoms with Crippen molar-refractivity contribution in [1.29, 1.82) is 0 Å². The molecule has 0 saturated heterocycles. The third-order valence-corrected chi connectivity index (χ3v) is 3.37. The van der Waals surface area contributed by atoms with Crippen molar-refractivity contribution in [3.8, 4) is 0 Å². The van der Waals surface area contributed by atoms with Gasteiger partial charge in [-0.15, -0.1) is 0 Å². The van der Waals surface area contributed by atoms with E-state index < -0.39 is 0 Å². The lowest BCUT2D eigenvalue weighted by atomic mass is 10.2. The number of hydrogen-bond donors (Lipinski definition) is 2. The minimum atomic E-state index is -0.217. The summed E-state index contributed by atoms with van der Waals surface area (Å²) in [5, 5.41) is 2.78. The molecule has 0 aliphatic rings. The van der Waals surface area contributed by atoms with Gasteiger partial charge in [0, 0.05) is 29.3 Å². The predicted molar refractivity (Wildman–Crippen MR) is 83.4 cm³/mol. The molecule has 5 nitrogen and oxygen atoms in total. The van der Waals surface area contributed by atoms with Crippen molar-refractivity contribution in [3.05, 3.63) is 28.2 Å². The number of benzene rings is 1. The van der Waals surface area contributed by atoms with Crippen LogP contribution in [-0.2, 0) is 4.79 Å². The van der Waals surface area contributed by atoms with E-state index in [1.54, 1.807) is 25.2 Å². The first kappa shape index (κ1) is 16.5. The first-order valence-electron chi connectivity index (χ1n) is 6.38. The molecule has 0 heterocycles. The monoisotopic (exact) mass is 341 g/mol. The van der Waals surface area contributed by atoms with Crippen molar-refractivity contribution in [3.63, 3.8) is 0 Å². The second-order valence-electron chi connectivity index (χ2n) is 5.10. The van der Waals surface area contributed by atoms with Gasteiger partial charge in [-0.3, -0.25) is 9.59 Å². The topological polar surface area (TPSA) is 75.4 Å². The number of carbonyl (C=O) groups excluding carboxylic acids is 2. The number of likely N-dealkylation sites (N-methyl/N-ethyl adjacent to an activating group) is 1. The second-order valence-corrected chi connectivity index (χ2v) is 5.95. The number of carbonyl (C=O) groups is 2. The number of nitrogens with zero attached hydrogens (tertiary/aromatic N) is 1. The fraction of sp³-hybridized carbons (Fsp3) is 0.429. The van der Waals surface area contributed by atoms with E-state index in [4.69, 9.17) is 5.73 Å². The summed E-state index contributed by atoms with van der Waals surface area (Å²) in [6.45, 7) is 4.67.